The molecule has 0 spiro atoms. The fourth-order valence-corrected chi connectivity index (χ4v) is 2.19. The highest BCUT2D eigenvalue weighted by Crippen LogP contribution is 2.29. The molecule has 2 aromatic carbocycles. The van der Waals surface area contributed by atoms with Crippen molar-refractivity contribution in [3.63, 3.8) is 0 Å². The number of methoxy groups -OCH3 is 1. The monoisotopic (exact) mass is 344 g/mol. The average Bonchev–Trinajstić information content (AvgIpc) is 2.57. The summed E-state index contributed by atoms with van der Waals surface area (Å²) in [6.45, 7) is 5.55. The van der Waals surface area contributed by atoms with E-state index >= 15 is 0 Å². The molecule has 2 aromatic rings. The number of hydrogen-bond acceptors (Lipinski definition) is 5. The minimum atomic E-state index is -0.786. The van der Waals surface area contributed by atoms with E-state index in [4.69, 9.17) is 9.47 Å². The standard InChI is InChI=1S/C18H20N2O5/c1-11-5-7-15(9-12(11)2)25-13(3)18(21)19-16-10-14(20(22)23)6-8-17(16)24-4/h5-10,13H,1-4H3,(H,19,21)/t13-/m1/s1. The first-order valence-electron chi connectivity index (χ1n) is 7.69. The SMILES string of the molecule is COc1ccc([N+](=O)[O-])cc1NC(=O)[C@@H](C)Oc1ccc(C)c(C)c1. The van der Waals surface area contributed by atoms with Crippen LogP contribution in [0.5, 0.6) is 11.5 Å². The Hall–Kier alpha value is -3.09. The van der Waals surface area contributed by atoms with Gasteiger partial charge in [-0.2, -0.15) is 0 Å². The Morgan fingerprint density at radius 3 is 2.48 bits per heavy atom. The minimum Gasteiger partial charge on any atom is -0.495 e. The summed E-state index contributed by atoms with van der Waals surface area (Å²) in [5.41, 5.74) is 2.27. The average molecular weight is 344 g/mol. The molecule has 25 heavy (non-hydrogen) atoms. The van der Waals surface area contributed by atoms with Crippen LogP contribution in [-0.2, 0) is 4.79 Å². The van der Waals surface area contributed by atoms with Crippen LogP contribution < -0.4 is 14.8 Å². The summed E-state index contributed by atoms with van der Waals surface area (Å²) in [7, 11) is 1.42. The molecule has 0 saturated heterocycles. The summed E-state index contributed by atoms with van der Waals surface area (Å²) in [6.07, 6.45) is -0.786. The van der Waals surface area contributed by atoms with E-state index in [0.717, 1.165) is 11.1 Å². The lowest BCUT2D eigenvalue weighted by Crippen LogP contribution is -2.30. The van der Waals surface area contributed by atoms with Crippen molar-refractivity contribution in [2.24, 2.45) is 0 Å². The number of aryl methyl sites for hydroxylation is 2. The predicted octanol–water partition coefficient (Wildman–Crippen LogP) is 3.63. The van der Waals surface area contributed by atoms with Gasteiger partial charge in [0.15, 0.2) is 6.10 Å². The van der Waals surface area contributed by atoms with E-state index in [1.165, 1.54) is 25.3 Å². The summed E-state index contributed by atoms with van der Waals surface area (Å²) in [4.78, 5) is 22.7. The second kappa shape index (κ2) is 7.65. The Bertz CT molecular complexity index is 804. The topological polar surface area (TPSA) is 90.7 Å². The van der Waals surface area contributed by atoms with Gasteiger partial charge in [-0.25, -0.2) is 0 Å². The molecule has 2 rings (SSSR count). The first-order valence-corrected chi connectivity index (χ1v) is 7.69. The first-order chi connectivity index (χ1) is 11.8. The van der Waals surface area contributed by atoms with Crippen LogP contribution in [0.2, 0.25) is 0 Å². The molecule has 0 fully saturated rings. The molecule has 0 aliphatic carbocycles. The molecule has 132 valence electrons. The fourth-order valence-electron chi connectivity index (χ4n) is 2.19. The van der Waals surface area contributed by atoms with Gasteiger partial charge in [0.1, 0.15) is 11.5 Å². The van der Waals surface area contributed by atoms with E-state index in [1.807, 2.05) is 26.0 Å². The number of rotatable bonds is 6. The second-order valence-electron chi connectivity index (χ2n) is 5.64. The first kappa shape index (κ1) is 18.3. The zero-order chi connectivity index (χ0) is 18.6. The van der Waals surface area contributed by atoms with E-state index in [-0.39, 0.29) is 11.4 Å². The van der Waals surface area contributed by atoms with Gasteiger partial charge in [-0.3, -0.25) is 14.9 Å². The van der Waals surface area contributed by atoms with E-state index in [9.17, 15) is 14.9 Å². The van der Waals surface area contributed by atoms with Crippen molar-refractivity contribution in [3.8, 4) is 11.5 Å². The highest BCUT2D eigenvalue weighted by Gasteiger charge is 2.19. The molecule has 7 heteroatoms. The summed E-state index contributed by atoms with van der Waals surface area (Å²) in [6, 6.07) is 9.55. The fraction of sp³-hybridized carbons (Fsp3) is 0.278. The Morgan fingerprint density at radius 1 is 1.16 bits per heavy atom. The maximum Gasteiger partial charge on any atom is 0.271 e. The van der Waals surface area contributed by atoms with Gasteiger partial charge in [0.2, 0.25) is 0 Å². The number of non-ortho nitro benzene ring substituents is 1. The van der Waals surface area contributed by atoms with Crippen LogP contribution in [0.1, 0.15) is 18.1 Å². The van der Waals surface area contributed by atoms with Crippen LogP contribution in [-0.4, -0.2) is 24.0 Å². The van der Waals surface area contributed by atoms with Crippen molar-refractivity contribution >= 4 is 17.3 Å². The molecule has 0 bridgehead atoms. The van der Waals surface area contributed by atoms with Gasteiger partial charge in [-0.1, -0.05) is 6.07 Å². The molecule has 0 radical (unpaired) electrons. The third kappa shape index (κ3) is 4.47. The molecule has 0 aromatic heterocycles. The summed E-state index contributed by atoms with van der Waals surface area (Å²) in [5.74, 6) is 0.478. The van der Waals surface area contributed by atoms with Crippen LogP contribution >= 0.6 is 0 Å². The normalized spacial score (nSPS) is 11.5. The maximum atomic E-state index is 12.4. The van der Waals surface area contributed by atoms with E-state index in [0.29, 0.717) is 11.5 Å². The van der Waals surface area contributed by atoms with E-state index in [2.05, 4.69) is 5.32 Å². The number of nitrogens with zero attached hydrogens (tertiary/aromatic N) is 1. The Morgan fingerprint density at radius 2 is 1.88 bits per heavy atom. The molecule has 1 amide bonds. The van der Waals surface area contributed by atoms with Gasteiger partial charge >= 0.3 is 0 Å². The third-order valence-corrected chi connectivity index (χ3v) is 3.81. The number of anilines is 1. The molecular weight excluding hydrogens is 324 g/mol. The molecular formula is C18H20N2O5. The van der Waals surface area contributed by atoms with Crippen molar-refractivity contribution < 1.29 is 19.2 Å². The molecule has 0 saturated carbocycles. The number of ether oxygens (including phenoxy) is 2. The third-order valence-electron chi connectivity index (χ3n) is 3.81. The van der Waals surface area contributed by atoms with E-state index in [1.54, 1.807) is 13.0 Å². The molecule has 0 unspecified atom stereocenters. The number of nitro benzene ring substituents is 1. The van der Waals surface area contributed by atoms with Crippen molar-refractivity contribution in [1.82, 2.24) is 0 Å². The number of nitrogens with one attached hydrogen (secondary N) is 1. The lowest BCUT2D eigenvalue weighted by Gasteiger charge is -2.16. The van der Waals surface area contributed by atoms with Gasteiger partial charge in [-0.15, -0.1) is 0 Å². The van der Waals surface area contributed by atoms with Crippen LogP contribution in [0.4, 0.5) is 11.4 Å². The largest absolute Gasteiger partial charge is 0.495 e. The zero-order valence-electron chi connectivity index (χ0n) is 14.5. The quantitative estimate of drug-likeness (QED) is 0.638. The predicted molar refractivity (Wildman–Crippen MR) is 94.3 cm³/mol. The molecule has 7 nitrogen and oxygen atoms in total. The summed E-state index contributed by atoms with van der Waals surface area (Å²) >= 11 is 0. The number of carbonyl (C=O) groups is 1. The highest BCUT2D eigenvalue weighted by molar-refractivity contribution is 5.95. The van der Waals surface area contributed by atoms with Crippen LogP contribution in [0.3, 0.4) is 0 Å². The van der Waals surface area contributed by atoms with Crippen molar-refractivity contribution in [1.29, 1.82) is 0 Å². The zero-order valence-corrected chi connectivity index (χ0v) is 14.5. The molecule has 0 heterocycles. The highest BCUT2D eigenvalue weighted by atomic mass is 16.6. The lowest BCUT2D eigenvalue weighted by molar-refractivity contribution is -0.384. The van der Waals surface area contributed by atoms with Crippen LogP contribution in [0, 0.1) is 24.0 Å². The second-order valence-corrected chi connectivity index (χ2v) is 5.64. The van der Waals surface area contributed by atoms with Gasteiger partial charge in [0.25, 0.3) is 11.6 Å². The van der Waals surface area contributed by atoms with Crippen molar-refractivity contribution in [3.05, 3.63) is 57.6 Å². The summed E-state index contributed by atoms with van der Waals surface area (Å²) in [5, 5.41) is 13.5. The van der Waals surface area contributed by atoms with Crippen molar-refractivity contribution in [2.45, 2.75) is 26.9 Å². The van der Waals surface area contributed by atoms with Gasteiger partial charge < -0.3 is 14.8 Å². The number of hydrogen-bond donors (Lipinski definition) is 1. The summed E-state index contributed by atoms with van der Waals surface area (Å²) < 4.78 is 10.8. The lowest BCUT2D eigenvalue weighted by atomic mass is 10.1. The van der Waals surface area contributed by atoms with Gasteiger partial charge in [0.05, 0.1) is 17.7 Å². The molecule has 0 aliphatic heterocycles. The van der Waals surface area contributed by atoms with Crippen LogP contribution in [0.15, 0.2) is 36.4 Å². The number of amides is 1. The maximum absolute atomic E-state index is 12.4. The molecule has 0 aliphatic rings. The molecule has 1 N–H and O–H groups in total. The Labute approximate surface area is 145 Å². The number of carbonyl (C=O) groups excluding carboxylic acids is 1. The Balaban J connectivity index is 2.13. The molecule has 1 atom stereocenters. The van der Waals surface area contributed by atoms with E-state index < -0.39 is 16.9 Å². The van der Waals surface area contributed by atoms with Gasteiger partial charge in [0, 0.05) is 12.1 Å². The smallest absolute Gasteiger partial charge is 0.271 e. The Kier molecular flexibility index (Phi) is 5.59. The van der Waals surface area contributed by atoms with Gasteiger partial charge in [-0.05, 0) is 50.1 Å². The number of benzene rings is 2. The van der Waals surface area contributed by atoms with Crippen LogP contribution in [0.25, 0.3) is 0 Å². The minimum absolute atomic E-state index is 0.140. The number of nitro groups is 1. The van der Waals surface area contributed by atoms with Crippen molar-refractivity contribution in [2.75, 3.05) is 12.4 Å².